The average molecular weight is 365 g/mol. The Morgan fingerprint density at radius 3 is 2.60 bits per heavy atom. The van der Waals surface area contributed by atoms with Crippen LogP contribution in [0.5, 0.6) is 11.5 Å². The van der Waals surface area contributed by atoms with E-state index in [9.17, 15) is 17.6 Å². The van der Waals surface area contributed by atoms with Crippen LogP contribution >= 0.6 is 0 Å². The summed E-state index contributed by atoms with van der Waals surface area (Å²) >= 11 is 0. The normalized spacial score (nSPS) is 13.7. The maximum Gasteiger partial charge on any atom is 0.294 e. The predicted molar refractivity (Wildman–Crippen MR) is 92.4 cm³/mol. The maximum absolute atomic E-state index is 13.2. The van der Waals surface area contributed by atoms with Gasteiger partial charge >= 0.3 is 0 Å². The van der Waals surface area contributed by atoms with E-state index in [1.165, 1.54) is 42.2 Å². The highest BCUT2D eigenvalue weighted by Crippen LogP contribution is 2.29. The molecule has 0 saturated heterocycles. The quantitative estimate of drug-likeness (QED) is 0.832. The highest BCUT2D eigenvalue weighted by molar-refractivity contribution is 7.92. The van der Waals surface area contributed by atoms with Crippen LogP contribution in [-0.2, 0) is 23.6 Å². The second-order valence-corrected chi connectivity index (χ2v) is 7.61. The third-order valence-electron chi connectivity index (χ3n) is 3.80. The van der Waals surface area contributed by atoms with Crippen molar-refractivity contribution >= 4 is 22.2 Å². The lowest BCUT2D eigenvalue weighted by Gasteiger charge is -2.26. The van der Waals surface area contributed by atoms with Gasteiger partial charge in [-0.15, -0.1) is 0 Å². The van der Waals surface area contributed by atoms with Gasteiger partial charge in [0.25, 0.3) is 5.56 Å². The fourth-order valence-electron chi connectivity index (χ4n) is 2.60. The molecule has 132 valence electrons. The summed E-state index contributed by atoms with van der Waals surface area (Å²) in [6.07, 6.45) is 2.21. The number of aryl methyl sites for hydroxylation is 1. The van der Waals surface area contributed by atoms with Gasteiger partial charge in [0, 0.05) is 12.6 Å². The molecule has 9 heteroatoms. The van der Waals surface area contributed by atoms with Crippen LogP contribution in [0.1, 0.15) is 11.1 Å². The van der Waals surface area contributed by atoms with E-state index >= 15 is 0 Å². The van der Waals surface area contributed by atoms with Crippen LogP contribution < -0.4 is 14.6 Å². The molecule has 0 saturated carbocycles. The molecule has 1 aliphatic rings. The van der Waals surface area contributed by atoms with Crippen molar-refractivity contribution in [1.29, 1.82) is 0 Å². The number of nitrogens with zero attached hydrogens (tertiary/aromatic N) is 3. The zero-order valence-corrected chi connectivity index (χ0v) is 14.7. The van der Waals surface area contributed by atoms with Gasteiger partial charge in [0.05, 0.1) is 12.8 Å². The molecule has 0 atom stereocenters. The van der Waals surface area contributed by atoms with Crippen LogP contribution in [0.25, 0.3) is 0 Å². The number of rotatable bonds is 3. The lowest BCUT2D eigenvalue weighted by atomic mass is 10.2. The smallest absolute Gasteiger partial charge is 0.294 e. The molecule has 3 rings (SSSR count). The van der Waals surface area contributed by atoms with Crippen LogP contribution in [0.3, 0.4) is 0 Å². The summed E-state index contributed by atoms with van der Waals surface area (Å²) in [6.45, 7) is 1.88. The Labute approximate surface area is 144 Å². The lowest BCUT2D eigenvalue weighted by Crippen LogP contribution is -2.36. The van der Waals surface area contributed by atoms with Crippen molar-refractivity contribution in [3.05, 3.63) is 51.6 Å². The standard InChI is InChI=1S/C16H16FN3O4S/c1-10-6-12(17)4-5-13(10)24-14-7-11-8-18-9-20(25(3,22)23)15(11)19(2)16(14)21/h4-7,9H,8H2,1-3H3. The molecule has 0 bridgehead atoms. The summed E-state index contributed by atoms with van der Waals surface area (Å²) in [4.78, 5) is 16.6. The molecule has 0 radical (unpaired) electrons. The Balaban J connectivity index is 2.11. The molecule has 1 aromatic carbocycles. The van der Waals surface area contributed by atoms with E-state index in [1.807, 2.05) is 0 Å². The fourth-order valence-corrected chi connectivity index (χ4v) is 3.39. The number of hydrogen-bond acceptors (Lipinski definition) is 5. The third-order valence-corrected chi connectivity index (χ3v) is 4.78. The lowest BCUT2D eigenvalue weighted by molar-refractivity contribution is 0.463. The minimum absolute atomic E-state index is 0.0153. The van der Waals surface area contributed by atoms with Crippen molar-refractivity contribution in [1.82, 2.24) is 4.57 Å². The van der Waals surface area contributed by atoms with Gasteiger partial charge in [-0.05, 0) is 36.8 Å². The van der Waals surface area contributed by atoms with Crippen molar-refractivity contribution in [2.45, 2.75) is 13.5 Å². The van der Waals surface area contributed by atoms with Crippen molar-refractivity contribution in [3.8, 4) is 11.5 Å². The summed E-state index contributed by atoms with van der Waals surface area (Å²) in [5.74, 6) is 0.186. The summed E-state index contributed by atoms with van der Waals surface area (Å²) < 4.78 is 44.9. The highest BCUT2D eigenvalue weighted by atomic mass is 32.2. The number of hydrogen-bond donors (Lipinski definition) is 0. The fraction of sp³-hybridized carbons (Fsp3) is 0.250. The van der Waals surface area contributed by atoms with Crippen molar-refractivity contribution in [2.24, 2.45) is 12.0 Å². The Hall–Kier alpha value is -2.68. The van der Waals surface area contributed by atoms with Gasteiger partial charge < -0.3 is 4.74 Å². The molecule has 0 spiro atoms. The van der Waals surface area contributed by atoms with Crippen LogP contribution in [0, 0.1) is 12.7 Å². The van der Waals surface area contributed by atoms with E-state index in [1.54, 1.807) is 6.92 Å². The number of anilines is 1. The van der Waals surface area contributed by atoms with E-state index in [-0.39, 0.29) is 18.1 Å². The molecule has 2 heterocycles. The van der Waals surface area contributed by atoms with E-state index in [0.717, 1.165) is 10.6 Å². The van der Waals surface area contributed by atoms with Crippen LogP contribution in [0.4, 0.5) is 10.2 Å². The molecule has 0 amide bonds. The molecule has 0 fully saturated rings. The van der Waals surface area contributed by atoms with Gasteiger partial charge in [-0.1, -0.05) is 0 Å². The van der Waals surface area contributed by atoms with Crippen molar-refractivity contribution in [2.75, 3.05) is 10.6 Å². The topological polar surface area (TPSA) is 81.0 Å². The zero-order valence-electron chi connectivity index (χ0n) is 13.9. The number of ether oxygens (including phenoxy) is 1. The third kappa shape index (κ3) is 3.14. The molecule has 7 nitrogen and oxygen atoms in total. The van der Waals surface area contributed by atoms with E-state index in [2.05, 4.69) is 4.99 Å². The first-order valence-electron chi connectivity index (χ1n) is 7.35. The van der Waals surface area contributed by atoms with Crippen LogP contribution in [0.2, 0.25) is 0 Å². The first-order valence-corrected chi connectivity index (χ1v) is 9.19. The van der Waals surface area contributed by atoms with E-state index < -0.39 is 21.4 Å². The van der Waals surface area contributed by atoms with Crippen molar-refractivity contribution in [3.63, 3.8) is 0 Å². The highest BCUT2D eigenvalue weighted by Gasteiger charge is 2.26. The number of pyridine rings is 1. The first kappa shape index (κ1) is 17.2. The van der Waals surface area contributed by atoms with E-state index in [4.69, 9.17) is 4.74 Å². The minimum atomic E-state index is -3.62. The van der Waals surface area contributed by atoms with Crippen LogP contribution in [0.15, 0.2) is 34.1 Å². The molecule has 1 aromatic heterocycles. The summed E-state index contributed by atoms with van der Waals surface area (Å²) in [6, 6.07) is 5.44. The zero-order chi connectivity index (χ0) is 18.4. The van der Waals surface area contributed by atoms with Gasteiger partial charge in [0.15, 0.2) is 5.75 Å². The number of aromatic nitrogens is 1. The SMILES string of the molecule is Cc1cc(F)ccc1Oc1cc2c(n(C)c1=O)N(S(C)(=O)=O)C=NC2. The Morgan fingerprint density at radius 1 is 1.24 bits per heavy atom. The number of benzene rings is 1. The Kier molecular flexibility index (Phi) is 4.11. The second kappa shape index (κ2) is 5.99. The number of sulfonamides is 1. The molecule has 0 N–H and O–H groups in total. The minimum Gasteiger partial charge on any atom is -0.451 e. The molecule has 1 aliphatic heterocycles. The predicted octanol–water partition coefficient (Wildman–Crippen LogP) is 1.93. The molecule has 25 heavy (non-hydrogen) atoms. The van der Waals surface area contributed by atoms with E-state index in [0.29, 0.717) is 16.9 Å². The number of aliphatic imine (C=N–C) groups is 1. The van der Waals surface area contributed by atoms with Crippen LogP contribution in [-0.4, -0.2) is 25.6 Å². The van der Waals surface area contributed by atoms with Gasteiger partial charge in [-0.3, -0.25) is 14.4 Å². The monoisotopic (exact) mass is 365 g/mol. The Morgan fingerprint density at radius 2 is 1.96 bits per heavy atom. The second-order valence-electron chi connectivity index (χ2n) is 5.75. The van der Waals surface area contributed by atoms with Crippen molar-refractivity contribution < 1.29 is 17.5 Å². The molecule has 0 aliphatic carbocycles. The summed E-state index contributed by atoms with van der Waals surface area (Å²) in [5, 5.41) is 0. The first-order chi connectivity index (χ1) is 11.7. The van der Waals surface area contributed by atoms with Gasteiger partial charge in [-0.25, -0.2) is 17.1 Å². The maximum atomic E-state index is 13.2. The summed E-state index contributed by atoms with van der Waals surface area (Å²) in [7, 11) is -2.16. The van der Waals surface area contributed by atoms with Gasteiger partial charge in [0.2, 0.25) is 10.0 Å². The molecule has 0 unspecified atom stereocenters. The average Bonchev–Trinajstić information content (AvgIpc) is 2.53. The van der Waals surface area contributed by atoms with Gasteiger partial charge in [-0.2, -0.15) is 0 Å². The molecule has 2 aromatic rings. The number of halogens is 1. The number of fused-ring (bicyclic) bond motifs is 1. The summed E-state index contributed by atoms with van der Waals surface area (Å²) in [5.41, 5.74) is 0.562. The van der Waals surface area contributed by atoms with Gasteiger partial charge in [0.1, 0.15) is 23.7 Å². The largest absolute Gasteiger partial charge is 0.451 e. The molecular weight excluding hydrogens is 349 g/mol. The molecular formula is C16H16FN3O4S. The Bertz CT molecular complexity index is 1040.